The van der Waals surface area contributed by atoms with Gasteiger partial charge in [0, 0.05) is 11.5 Å². The van der Waals surface area contributed by atoms with E-state index in [0.717, 1.165) is 13.2 Å². The maximum atomic E-state index is 5.59. The molecular weight excluding hydrogens is 204 g/mol. The van der Waals surface area contributed by atoms with Crippen LogP contribution >= 0.6 is 11.6 Å². The van der Waals surface area contributed by atoms with Gasteiger partial charge in [0.05, 0.1) is 19.8 Å². The second kappa shape index (κ2) is 3.71. The fraction of sp³-hybridized carbons (Fsp3) is 0.556. The van der Waals surface area contributed by atoms with Gasteiger partial charge in [0.15, 0.2) is 5.15 Å². The zero-order valence-electron chi connectivity index (χ0n) is 7.86. The van der Waals surface area contributed by atoms with E-state index in [0.29, 0.717) is 17.6 Å². The number of hydrogen-bond acceptors (Lipinski definition) is 4. The second-order valence-corrected chi connectivity index (χ2v) is 4.17. The molecule has 2 heterocycles. The van der Waals surface area contributed by atoms with Gasteiger partial charge in [0.2, 0.25) is 5.88 Å². The Morgan fingerprint density at radius 2 is 2.29 bits per heavy atom. The van der Waals surface area contributed by atoms with E-state index in [2.05, 4.69) is 17.1 Å². The van der Waals surface area contributed by atoms with Gasteiger partial charge in [-0.1, -0.05) is 18.5 Å². The third kappa shape index (κ3) is 2.13. The van der Waals surface area contributed by atoms with Gasteiger partial charge in [-0.3, -0.25) is 0 Å². The number of aromatic nitrogens is 2. The molecule has 0 N–H and O–H groups in total. The molecule has 2 rings (SSSR count). The van der Waals surface area contributed by atoms with Crippen molar-refractivity contribution in [3.05, 3.63) is 17.3 Å². The van der Waals surface area contributed by atoms with Gasteiger partial charge in [-0.05, 0) is 6.07 Å². The van der Waals surface area contributed by atoms with Crippen LogP contribution in [0.1, 0.15) is 6.92 Å². The average molecular weight is 215 g/mol. The lowest BCUT2D eigenvalue weighted by Gasteiger charge is -2.37. The fourth-order valence-corrected chi connectivity index (χ4v) is 1.26. The Hall–Kier alpha value is -0.870. The Labute approximate surface area is 87.2 Å². The summed E-state index contributed by atoms with van der Waals surface area (Å²) in [6, 6.07) is 3.36. The molecule has 0 amide bonds. The van der Waals surface area contributed by atoms with E-state index in [-0.39, 0.29) is 5.41 Å². The van der Waals surface area contributed by atoms with Crippen LogP contribution in [-0.2, 0) is 4.74 Å². The maximum Gasteiger partial charge on any atom is 0.233 e. The molecule has 4 nitrogen and oxygen atoms in total. The second-order valence-electron chi connectivity index (χ2n) is 3.79. The highest BCUT2D eigenvalue weighted by Gasteiger charge is 2.34. The lowest BCUT2D eigenvalue weighted by atomic mass is 9.90. The molecule has 0 atom stereocenters. The van der Waals surface area contributed by atoms with Crippen LogP contribution in [0.5, 0.6) is 5.88 Å². The largest absolute Gasteiger partial charge is 0.476 e. The predicted molar refractivity (Wildman–Crippen MR) is 51.5 cm³/mol. The third-order valence-corrected chi connectivity index (χ3v) is 2.28. The summed E-state index contributed by atoms with van der Waals surface area (Å²) in [7, 11) is 0. The molecule has 1 aromatic heterocycles. The van der Waals surface area contributed by atoms with Crippen LogP contribution in [-0.4, -0.2) is 30.0 Å². The van der Waals surface area contributed by atoms with Crippen molar-refractivity contribution in [2.75, 3.05) is 19.8 Å². The first-order valence-corrected chi connectivity index (χ1v) is 4.76. The van der Waals surface area contributed by atoms with Crippen molar-refractivity contribution in [3.63, 3.8) is 0 Å². The lowest BCUT2D eigenvalue weighted by Crippen LogP contribution is -2.44. The summed E-state index contributed by atoms with van der Waals surface area (Å²) in [4.78, 5) is 0. The minimum Gasteiger partial charge on any atom is -0.476 e. The summed E-state index contributed by atoms with van der Waals surface area (Å²) in [6.07, 6.45) is 0. The molecule has 0 saturated carbocycles. The van der Waals surface area contributed by atoms with E-state index in [4.69, 9.17) is 21.1 Å². The molecule has 0 spiro atoms. The van der Waals surface area contributed by atoms with Gasteiger partial charge in [0.25, 0.3) is 0 Å². The molecule has 1 fully saturated rings. The van der Waals surface area contributed by atoms with Gasteiger partial charge in [-0.2, -0.15) is 0 Å². The van der Waals surface area contributed by atoms with Gasteiger partial charge in [-0.25, -0.2) is 0 Å². The van der Waals surface area contributed by atoms with Crippen molar-refractivity contribution in [2.24, 2.45) is 5.41 Å². The van der Waals surface area contributed by atoms with Crippen molar-refractivity contribution in [1.29, 1.82) is 0 Å². The fourth-order valence-electron chi connectivity index (χ4n) is 1.16. The van der Waals surface area contributed by atoms with Crippen LogP contribution < -0.4 is 4.74 Å². The van der Waals surface area contributed by atoms with Crippen LogP contribution in [0.2, 0.25) is 5.15 Å². The van der Waals surface area contributed by atoms with Crippen molar-refractivity contribution in [2.45, 2.75) is 6.92 Å². The highest BCUT2D eigenvalue weighted by atomic mass is 35.5. The molecular formula is C9H11ClN2O2. The Bertz CT molecular complexity index is 311. The van der Waals surface area contributed by atoms with Crippen molar-refractivity contribution >= 4 is 11.6 Å². The van der Waals surface area contributed by atoms with E-state index in [1.54, 1.807) is 12.1 Å². The summed E-state index contributed by atoms with van der Waals surface area (Å²) in [5, 5.41) is 7.85. The van der Waals surface area contributed by atoms with Crippen LogP contribution in [0.25, 0.3) is 0 Å². The van der Waals surface area contributed by atoms with Crippen LogP contribution in [0.4, 0.5) is 0 Å². The summed E-state index contributed by atoms with van der Waals surface area (Å²) in [5.74, 6) is 0.502. The van der Waals surface area contributed by atoms with E-state index in [1.807, 2.05) is 0 Å². The lowest BCUT2D eigenvalue weighted by molar-refractivity contribution is -0.120. The molecule has 0 unspecified atom stereocenters. The molecule has 0 radical (unpaired) electrons. The molecule has 1 aliphatic rings. The Morgan fingerprint density at radius 3 is 2.79 bits per heavy atom. The van der Waals surface area contributed by atoms with Crippen LogP contribution in [0, 0.1) is 5.41 Å². The van der Waals surface area contributed by atoms with Crippen molar-refractivity contribution in [3.8, 4) is 5.88 Å². The molecule has 0 bridgehead atoms. The SMILES string of the molecule is CC1(COc2ccc(Cl)nn2)COC1. The van der Waals surface area contributed by atoms with Gasteiger partial charge in [0.1, 0.15) is 0 Å². The minimum absolute atomic E-state index is 0.126. The highest BCUT2D eigenvalue weighted by molar-refractivity contribution is 6.29. The van der Waals surface area contributed by atoms with Gasteiger partial charge in [-0.15, -0.1) is 10.2 Å². The maximum absolute atomic E-state index is 5.59. The number of rotatable bonds is 3. The number of ether oxygens (including phenoxy) is 2. The Morgan fingerprint density at radius 1 is 1.50 bits per heavy atom. The summed E-state index contributed by atoms with van der Waals surface area (Å²) in [5.41, 5.74) is 0.126. The van der Waals surface area contributed by atoms with Crippen LogP contribution in [0.15, 0.2) is 12.1 Å². The molecule has 14 heavy (non-hydrogen) atoms. The van der Waals surface area contributed by atoms with Gasteiger partial charge < -0.3 is 9.47 Å². The zero-order valence-corrected chi connectivity index (χ0v) is 8.62. The monoisotopic (exact) mass is 214 g/mol. The third-order valence-electron chi connectivity index (χ3n) is 2.08. The number of halogens is 1. The summed E-state index contributed by atoms with van der Waals surface area (Å²) < 4.78 is 10.6. The van der Waals surface area contributed by atoms with Gasteiger partial charge >= 0.3 is 0 Å². The predicted octanol–water partition coefficient (Wildman–Crippen LogP) is 1.55. The quantitative estimate of drug-likeness (QED) is 0.766. The Kier molecular flexibility index (Phi) is 2.56. The minimum atomic E-state index is 0.126. The van der Waals surface area contributed by atoms with Crippen molar-refractivity contribution < 1.29 is 9.47 Å². The normalized spacial score (nSPS) is 18.7. The molecule has 5 heteroatoms. The smallest absolute Gasteiger partial charge is 0.233 e. The summed E-state index contributed by atoms with van der Waals surface area (Å²) in [6.45, 7) is 4.20. The van der Waals surface area contributed by atoms with E-state index in [1.165, 1.54) is 0 Å². The first-order valence-electron chi connectivity index (χ1n) is 4.38. The first-order chi connectivity index (χ1) is 6.68. The van der Waals surface area contributed by atoms with E-state index < -0.39 is 0 Å². The van der Waals surface area contributed by atoms with Crippen molar-refractivity contribution in [1.82, 2.24) is 10.2 Å². The highest BCUT2D eigenvalue weighted by Crippen LogP contribution is 2.26. The molecule has 1 saturated heterocycles. The van der Waals surface area contributed by atoms with Crippen LogP contribution in [0.3, 0.4) is 0 Å². The van der Waals surface area contributed by atoms with E-state index in [9.17, 15) is 0 Å². The average Bonchev–Trinajstić information content (AvgIpc) is 2.14. The zero-order chi connectivity index (χ0) is 10.0. The van der Waals surface area contributed by atoms with E-state index >= 15 is 0 Å². The molecule has 1 aromatic rings. The molecule has 1 aliphatic heterocycles. The topological polar surface area (TPSA) is 44.2 Å². The number of nitrogens with zero attached hydrogens (tertiary/aromatic N) is 2. The molecule has 0 aliphatic carbocycles. The molecule has 76 valence electrons. The molecule has 0 aromatic carbocycles. The Balaban J connectivity index is 1.88. The number of hydrogen-bond donors (Lipinski definition) is 0. The summed E-state index contributed by atoms with van der Waals surface area (Å²) >= 11 is 5.59. The standard InChI is InChI=1S/C9H11ClN2O2/c1-9(4-13-5-9)6-14-8-3-2-7(10)11-12-8/h2-3H,4-6H2,1H3. The first kappa shape index (κ1) is 9.68.